The lowest BCUT2D eigenvalue weighted by Gasteiger charge is -2.34. The Morgan fingerprint density at radius 2 is 0.919 bits per heavy atom. The van der Waals surface area contributed by atoms with E-state index in [1.54, 1.807) is 134 Å². The van der Waals surface area contributed by atoms with Crippen LogP contribution in [0.5, 0.6) is 0 Å². The van der Waals surface area contributed by atoms with Gasteiger partial charge in [-0.2, -0.15) is 0 Å². The van der Waals surface area contributed by atoms with Gasteiger partial charge in [0, 0.05) is 12.3 Å². The van der Waals surface area contributed by atoms with E-state index in [2.05, 4.69) is 37.2 Å². The lowest BCUT2D eigenvalue weighted by Crippen LogP contribution is -2.64. The molecule has 0 saturated heterocycles. The maximum Gasteiger partial charge on any atom is 0.407 e. The molecule has 474 valence electrons. The number of aliphatic hydroxyl groups is 1. The monoisotopic (exact) mass is 1200 g/mol. The van der Waals surface area contributed by atoms with Crippen LogP contribution in [0.15, 0.2) is 78.9 Å². The molecule has 4 rings (SSSR count). The number of hydrogen-bond acceptors (Lipinski definition) is 15. The summed E-state index contributed by atoms with van der Waals surface area (Å²) < 4.78 is 29.8. The number of carboxylic acids is 1. The topological polar surface area (TPSA) is 324 Å². The number of carbonyl (C=O) groups excluding carboxylic acids is 8. The van der Waals surface area contributed by atoms with Crippen molar-refractivity contribution in [3.8, 4) is 11.1 Å². The van der Waals surface area contributed by atoms with E-state index in [-0.39, 0.29) is 18.9 Å². The third-order valence-corrected chi connectivity index (χ3v) is 13.2. The number of esters is 1. The van der Waals surface area contributed by atoms with Gasteiger partial charge in [-0.25, -0.2) is 9.59 Å². The van der Waals surface area contributed by atoms with Crippen LogP contribution in [-0.4, -0.2) is 160 Å². The molecule has 23 nitrogen and oxygen atoms in total. The first-order chi connectivity index (χ1) is 39.9. The van der Waals surface area contributed by atoms with Crippen molar-refractivity contribution in [1.82, 2.24) is 37.2 Å². The molecule has 3 aromatic rings. The number of aliphatic hydroxyl groups excluding tert-OH is 1. The largest absolute Gasteiger partial charge is 0.480 e. The molecule has 0 aliphatic heterocycles. The number of hydrogen-bond donors (Lipinski definition) is 9. The number of amides is 7. The van der Waals surface area contributed by atoms with Crippen LogP contribution in [0, 0.1) is 5.92 Å². The predicted octanol–water partition coefficient (Wildman–Crippen LogP) is 4.73. The Kier molecular flexibility index (Phi) is 25.4. The quantitative estimate of drug-likeness (QED) is 0.0444. The molecule has 0 unspecified atom stereocenters. The van der Waals surface area contributed by atoms with Crippen LogP contribution in [0.25, 0.3) is 11.1 Å². The highest BCUT2D eigenvalue weighted by Crippen LogP contribution is 2.44. The number of carbonyl (C=O) groups is 9. The maximum atomic E-state index is 15.0. The van der Waals surface area contributed by atoms with Crippen LogP contribution in [-0.2, 0) is 68.5 Å². The smallest absolute Gasteiger partial charge is 0.407 e. The highest BCUT2D eigenvalue weighted by Gasteiger charge is 2.40. The van der Waals surface area contributed by atoms with E-state index in [9.17, 15) is 53.4 Å². The van der Waals surface area contributed by atoms with Gasteiger partial charge >= 0.3 is 18.0 Å². The lowest BCUT2D eigenvalue weighted by atomic mass is 9.98. The van der Waals surface area contributed by atoms with Gasteiger partial charge in [0.25, 0.3) is 0 Å². The standard InChI is InChI=1S/C63H91N7O16/c1-35(2)49(55(76)66-46(32-71)58(79)80)68-53(74)45(31-48(72)86-63(14,15)16)64-54(75)47(34-83-60(5,6)7)67-56(77)50(36(3)84-61(8,9)10)69-52(73)44(30-38-24-18-17-19-25-38)65-57(78)51(37(4)85-62(11,12)13)70-59(81)82-33-43-41-28-22-20-26-39(41)40-27-21-23-29-42(40)43/h17-29,35-37,43-47,49-51,71H,30-34H2,1-16H3,(H,64,75)(H,65,78)(H,66,76)(H,67,77)(H,68,74)(H,69,73)(H,70,81)(H,79,80)/t36-,37-,44+,45+,46+,47+,49+,50+,51+/m1/s1. The van der Waals surface area contributed by atoms with Crippen molar-refractivity contribution in [3.05, 3.63) is 95.6 Å². The zero-order valence-corrected chi connectivity index (χ0v) is 52.5. The molecule has 3 aromatic carbocycles. The van der Waals surface area contributed by atoms with Gasteiger partial charge in [-0.3, -0.25) is 33.6 Å². The summed E-state index contributed by atoms with van der Waals surface area (Å²) in [6.45, 7) is 24.9. The van der Waals surface area contributed by atoms with Gasteiger partial charge in [0.05, 0.1) is 48.6 Å². The summed E-state index contributed by atoms with van der Waals surface area (Å²) in [7, 11) is 0. The predicted molar refractivity (Wildman–Crippen MR) is 320 cm³/mol. The van der Waals surface area contributed by atoms with E-state index in [0.717, 1.165) is 22.3 Å². The maximum absolute atomic E-state index is 15.0. The summed E-state index contributed by atoms with van der Waals surface area (Å²) in [6, 6.07) is 13.3. The van der Waals surface area contributed by atoms with Crippen LogP contribution in [0.1, 0.15) is 140 Å². The molecular formula is C63H91N7O16. The van der Waals surface area contributed by atoms with E-state index >= 15 is 0 Å². The molecule has 0 heterocycles. The van der Waals surface area contributed by atoms with Gasteiger partial charge < -0.3 is 71.1 Å². The molecule has 9 N–H and O–H groups in total. The highest BCUT2D eigenvalue weighted by molar-refractivity contribution is 5.98. The minimum absolute atomic E-state index is 0.0592. The number of rotatable bonds is 28. The number of benzene rings is 3. The Morgan fingerprint density at radius 1 is 0.488 bits per heavy atom. The van der Waals surface area contributed by atoms with Crippen molar-refractivity contribution < 1.29 is 77.0 Å². The van der Waals surface area contributed by atoms with Gasteiger partial charge in [0.15, 0.2) is 0 Å². The number of aliphatic carboxylic acids is 1. The Labute approximate surface area is 504 Å². The minimum atomic E-state index is -1.78. The lowest BCUT2D eigenvalue weighted by molar-refractivity contribution is -0.157. The van der Waals surface area contributed by atoms with Gasteiger partial charge in [0.1, 0.15) is 54.5 Å². The third-order valence-electron chi connectivity index (χ3n) is 13.2. The zero-order valence-electron chi connectivity index (χ0n) is 52.5. The number of fused-ring (bicyclic) bond motifs is 3. The molecule has 0 bridgehead atoms. The van der Waals surface area contributed by atoms with Crippen LogP contribution < -0.4 is 37.2 Å². The van der Waals surface area contributed by atoms with Crippen LogP contribution in [0.2, 0.25) is 0 Å². The first kappa shape index (κ1) is 71.0. The molecule has 9 atom stereocenters. The van der Waals surface area contributed by atoms with Crippen molar-refractivity contribution in [2.75, 3.05) is 19.8 Å². The first-order valence-corrected chi connectivity index (χ1v) is 28.9. The summed E-state index contributed by atoms with van der Waals surface area (Å²) in [5.41, 5.74) is 0.888. The Balaban J connectivity index is 1.70. The molecule has 1 aliphatic rings. The fourth-order valence-corrected chi connectivity index (χ4v) is 9.43. The summed E-state index contributed by atoms with van der Waals surface area (Å²) in [6.07, 6.45) is -3.99. The van der Waals surface area contributed by atoms with Crippen molar-refractivity contribution in [2.45, 2.75) is 206 Å². The van der Waals surface area contributed by atoms with E-state index in [1.807, 2.05) is 48.5 Å². The van der Waals surface area contributed by atoms with Crippen molar-refractivity contribution in [2.24, 2.45) is 5.92 Å². The average Bonchev–Trinajstić information content (AvgIpc) is 1.80. The Morgan fingerprint density at radius 3 is 1.40 bits per heavy atom. The normalized spacial score (nSPS) is 15.7. The number of carboxylic acid groups (broad SMARTS) is 1. The second-order valence-corrected chi connectivity index (χ2v) is 25.7. The van der Waals surface area contributed by atoms with Crippen LogP contribution in [0.3, 0.4) is 0 Å². The Hall–Kier alpha value is -7.47. The van der Waals surface area contributed by atoms with Gasteiger partial charge in [0.2, 0.25) is 35.4 Å². The van der Waals surface area contributed by atoms with Gasteiger partial charge in [-0.15, -0.1) is 0 Å². The molecule has 1 aliphatic carbocycles. The number of nitrogens with one attached hydrogen (secondary N) is 7. The SMILES string of the molecule is CC(C)[C@H](NC(=O)[C@H](CC(=O)OC(C)(C)C)NC(=O)[C@H](COC(C)(C)C)NC(=O)[C@@H](NC(=O)[C@H](Cc1ccccc1)NC(=O)[C@@H](NC(=O)OCC1c2ccccc2-c2ccccc21)[C@@H](C)OC(C)(C)C)[C@@H](C)OC(C)(C)C)C(=O)N[C@@H](CO)C(=O)O. The van der Waals surface area contributed by atoms with Gasteiger partial charge in [-0.1, -0.05) is 92.7 Å². The molecule has 23 heteroatoms. The van der Waals surface area contributed by atoms with E-state index < -0.39 is 156 Å². The second kappa shape index (κ2) is 30.7. The van der Waals surface area contributed by atoms with Gasteiger partial charge in [-0.05, 0) is 131 Å². The minimum Gasteiger partial charge on any atom is -0.480 e. The van der Waals surface area contributed by atoms with Crippen LogP contribution >= 0.6 is 0 Å². The molecule has 0 aromatic heterocycles. The molecule has 7 amide bonds. The summed E-state index contributed by atoms with van der Waals surface area (Å²) >= 11 is 0. The van der Waals surface area contributed by atoms with Crippen molar-refractivity contribution >= 4 is 53.5 Å². The molecule has 0 radical (unpaired) electrons. The van der Waals surface area contributed by atoms with E-state index in [4.69, 9.17) is 23.7 Å². The van der Waals surface area contributed by atoms with Crippen molar-refractivity contribution in [1.29, 1.82) is 0 Å². The molecular weight excluding hydrogens is 1110 g/mol. The van der Waals surface area contributed by atoms with Crippen molar-refractivity contribution in [3.63, 3.8) is 0 Å². The summed E-state index contributed by atoms with van der Waals surface area (Å²) in [5.74, 6) is -9.29. The number of alkyl carbamates (subject to hydrolysis) is 1. The summed E-state index contributed by atoms with van der Waals surface area (Å²) in [4.78, 5) is 126. The highest BCUT2D eigenvalue weighted by atomic mass is 16.6. The molecule has 0 fully saturated rings. The Bertz CT molecular complexity index is 2790. The first-order valence-electron chi connectivity index (χ1n) is 28.9. The van der Waals surface area contributed by atoms with E-state index in [1.165, 1.54) is 6.92 Å². The molecule has 0 saturated carbocycles. The summed E-state index contributed by atoms with van der Waals surface area (Å²) in [5, 5.41) is 37.1. The molecule has 0 spiro atoms. The fraction of sp³-hybridized carbons (Fsp3) is 0.571. The van der Waals surface area contributed by atoms with Crippen LogP contribution in [0.4, 0.5) is 4.79 Å². The van der Waals surface area contributed by atoms with E-state index in [0.29, 0.717) is 5.56 Å². The number of ether oxygens (including phenoxy) is 5. The molecule has 86 heavy (non-hydrogen) atoms. The average molecular weight is 1200 g/mol. The fourth-order valence-electron chi connectivity index (χ4n) is 9.43. The third kappa shape index (κ3) is 22.8. The second-order valence-electron chi connectivity index (χ2n) is 25.7. The zero-order chi connectivity index (χ0) is 64.6.